The Labute approximate surface area is 148 Å². The zero-order valence-corrected chi connectivity index (χ0v) is 14.6. The van der Waals surface area contributed by atoms with Gasteiger partial charge in [-0.15, -0.1) is 0 Å². The molecule has 1 aromatic carbocycles. The van der Waals surface area contributed by atoms with Crippen LogP contribution in [-0.4, -0.2) is 51.1 Å². The van der Waals surface area contributed by atoms with Crippen LogP contribution in [0.5, 0.6) is 0 Å². The summed E-state index contributed by atoms with van der Waals surface area (Å²) < 4.78 is 28.0. The molecule has 0 bridgehead atoms. The molecule has 0 fully saturated rings. The highest BCUT2D eigenvalue weighted by Gasteiger charge is 2.22. The zero-order chi connectivity index (χ0) is 19.2. The molecule has 0 aliphatic carbocycles. The van der Waals surface area contributed by atoms with Crippen LogP contribution < -0.4 is 15.8 Å². The molecule has 0 aliphatic heterocycles. The number of benzene rings is 1. The number of primary sulfonamides is 1. The standard InChI is InChI=1S/C13H16ClN3O7S/c1-2-24-13(21)7-3-8(12(14)9(4-7)25(15,22)23)17-10(18)5-16-6-11(19)20/h3-4,16H,2,5-6H2,1H3,(H,17,18)(H,19,20)(H2,15,22,23). The Balaban J connectivity index is 3.16. The first-order chi connectivity index (χ1) is 11.6. The number of nitrogens with one attached hydrogen (secondary N) is 2. The van der Waals surface area contributed by atoms with Crippen molar-refractivity contribution >= 4 is 45.2 Å². The second-order valence-electron chi connectivity index (χ2n) is 4.65. The lowest BCUT2D eigenvalue weighted by Gasteiger charge is -2.13. The highest BCUT2D eigenvalue weighted by molar-refractivity contribution is 7.89. The van der Waals surface area contributed by atoms with E-state index in [2.05, 4.69) is 10.6 Å². The molecule has 1 amide bonds. The smallest absolute Gasteiger partial charge is 0.338 e. The summed E-state index contributed by atoms with van der Waals surface area (Å²) in [5, 5.41) is 17.8. The van der Waals surface area contributed by atoms with E-state index in [0.29, 0.717) is 0 Å². The molecule has 10 nitrogen and oxygen atoms in total. The predicted molar refractivity (Wildman–Crippen MR) is 87.9 cm³/mol. The van der Waals surface area contributed by atoms with Crippen molar-refractivity contribution in [2.24, 2.45) is 5.14 Å². The molecule has 25 heavy (non-hydrogen) atoms. The van der Waals surface area contributed by atoms with E-state index in [-0.39, 0.29) is 29.4 Å². The van der Waals surface area contributed by atoms with Crippen molar-refractivity contribution in [3.63, 3.8) is 0 Å². The second kappa shape index (κ2) is 8.76. The van der Waals surface area contributed by atoms with E-state index >= 15 is 0 Å². The number of hydrogen-bond acceptors (Lipinski definition) is 7. The highest BCUT2D eigenvalue weighted by Crippen LogP contribution is 2.31. The van der Waals surface area contributed by atoms with Gasteiger partial charge in [-0.25, -0.2) is 18.4 Å². The van der Waals surface area contributed by atoms with Gasteiger partial charge in [0.25, 0.3) is 0 Å². The monoisotopic (exact) mass is 393 g/mol. The number of aliphatic carboxylic acids is 1. The molecule has 1 aromatic rings. The van der Waals surface area contributed by atoms with Crippen LogP contribution in [0.1, 0.15) is 17.3 Å². The molecule has 0 spiro atoms. The average molecular weight is 394 g/mol. The summed E-state index contributed by atoms with van der Waals surface area (Å²) in [6, 6.07) is 2.07. The van der Waals surface area contributed by atoms with Crippen molar-refractivity contribution in [3.05, 3.63) is 22.7 Å². The molecular weight excluding hydrogens is 378 g/mol. The van der Waals surface area contributed by atoms with Gasteiger partial charge in [-0.2, -0.15) is 0 Å². The second-order valence-corrected chi connectivity index (χ2v) is 6.55. The van der Waals surface area contributed by atoms with Gasteiger partial charge < -0.3 is 15.2 Å². The maximum absolute atomic E-state index is 11.8. The number of ether oxygens (including phenoxy) is 1. The van der Waals surface area contributed by atoms with Gasteiger partial charge in [0.1, 0.15) is 4.90 Å². The summed E-state index contributed by atoms with van der Waals surface area (Å²) in [7, 11) is -4.28. The minimum absolute atomic E-state index is 0.0486. The van der Waals surface area contributed by atoms with Crippen molar-refractivity contribution in [1.29, 1.82) is 0 Å². The molecule has 0 aromatic heterocycles. The fraction of sp³-hybridized carbons (Fsp3) is 0.308. The lowest BCUT2D eigenvalue weighted by molar-refractivity contribution is -0.135. The first kappa shape index (κ1) is 20.8. The van der Waals surface area contributed by atoms with Crippen molar-refractivity contribution in [2.75, 3.05) is 25.0 Å². The van der Waals surface area contributed by atoms with Crippen LogP contribution in [0.15, 0.2) is 17.0 Å². The van der Waals surface area contributed by atoms with Crippen LogP contribution in [0.4, 0.5) is 5.69 Å². The first-order valence-corrected chi connectivity index (χ1v) is 8.74. The molecule has 0 saturated carbocycles. The summed E-state index contributed by atoms with van der Waals surface area (Å²) in [6.45, 7) is 0.779. The molecule has 1 rings (SSSR count). The van der Waals surface area contributed by atoms with Crippen LogP contribution in [0, 0.1) is 0 Å². The summed E-state index contributed by atoms with van der Waals surface area (Å²) in [6.07, 6.45) is 0. The number of rotatable bonds is 8. The number of carboxylic acids is 1. The van der Waals surface area contributed by atoms with E-state index in [1.807, 2.05) is 0 Å². The van der Waals surface area contributed by atoms with Crippen LogP contribution in [0.3, 0.4) is 0 Å². The molecule has 12 heteroatoms. The molecule has 0 radical (unpaired) electrons. The van der Waals surface area contributed by atoms with Crippen molar-refractivity contribution in [2.45, 2.75) is 11.8 Å². The largest absolute Gasteiger partial charge is 0.480 e. The summed E-state index contributed by atoms with van der Waals surface area (Å²) in [5.41, 5.74) is -0.359. The molecule has 0 aliphatic rings. The van der Waals surface area contributed by atoms with Crippen LogP contribution >= 0.6 is 11.6 Å². The van der Waals surface area contributed by atoms with Gasteiger partial charge in [-0.3, -0.25) is 14.9 Å². The van der Waals surface area contributed by atoms with Gasteiger partial charge in [0.2, 0.25) is 15.9 Å². The van der Waals surface area contributed by atoms with E-state index in [4.69, 9.17) is 26.6 Å². The first-order valence-electron chi connectivity index (χ1n) is 6.82. The van der Waals surface area contributed by atoms with Gasteiger partial charge in [-0.05, 0) is 19.1 Å². The summed E-state index contributed by atoms with van der Waals surface area (Å²) >= 11 is 5.94. The SMILES string of the molecule is CCOC(=O)c1cc(NC(=O)CNCC(=O)O)c(Cl)c(S(N)(=O)=O)c1. The van der Waals surface area contributed by atoms with Gasteiger partial charge in [-0.1, -0.05) is 11.6 Å². The van der Waals surface area contributed by atoms with Crippen molar-refractivity contribution in [1.82, 2.24) is 5.32 Å². The number of esters is 1. The predicted octanol–water partition coefficient (Wildman–Crippen LogP) is -0.223. The molecule has 0 saturated heterocycles. The zero-order valence-electron chi connectivity index (χ0n) is 13.0. The lowest BCUT2D eigenvalue weighted by Crippen LogP contribution is -2.32. The molecule has 0 unspecified atom stereocenters. The topological polar surface area (TPSA) is 165 Å². The van der Waals surface area contributed by atoms with E-state index < -0.39 is 39.3 Å². The number of carbonyl (C=O) groups excluding carboxylic acids is 2. The number of sulfonamides is 1. The van der Waals surface area contributed by atoms with Crippen LogP contribution in [-0.2, 0) is 24.3 Å². The van der Waals surface area contributed by atoms with E-state index in [9.17, 15) is 22.8 Å². The third-order valence-electron chi connectivity index (χ3n) is 2.69. The fourth-order valence-electron chi connectivity index (χ4n) is 1.71. The Kier molecular flexibility index (Phi) is 7.30. The third kappa shape index (κ3) is 6.31. The van der Waals surface area contributed by atoms with E-state index in [1.54, 1.807) is 6.92 Å². The van der Waals surface area contributed by atoms with E-state index in [1.165, 1.54) is 0 Å². The highest BCUT2D eigenvalue weighted by atomic mass is 35.5. The minimum Gasteiger partial charge on any atom is -0.480 e. The Morgan fingerprint density at radius 2 is 1.92 bits per heavy atom. The molecule has 0 atom stereocenters. The summed E-state index contributed by atoms with van der Waals surface area (Å²) in [4.78, 5) is 33.4. The Morgan fingerprint density at radius 1 is 1.28 bits per heavy atom. The number of halogens is 1. The van der Waals surface area contributed by atoms with Crippen LogP contribution in [0.25, 0.3) is 0 Å². The summed E-state index contributed by atoms with van der Waals surface area (Å²) in [5.74, 6) is -2.69. The van der Waals surface area contributed by atoms with Gasteiger partial charge in [0, 0.05) is 0 Å². The molecule has 5 N–H and O–H groups in total. The molecular formula is C13H16ClN3O7S. The number of hydrogen-bond donors (Lipinski definition) is 4. The molecule has 0 heterocycles. The molecule has 138 valence electrons. The normalized spacial score (nSPS) is 11.0. The maximum atomic E-state index is 11.8. The number of amides is 1. The van der Waals surface area contributed by atoms with Gasteiger partial charge in [0.15, 0.2) is 0 Å². The average Bonchev–Trinajstić information content (AvgIpc) is 2.47. The fourth-order valence-corrected chi connectivity index (χ4v) is 2.84. The number of nitrogens with two attached hydrogens (primary N) is 1. The maximum Gasteiger partial charge on any atom is 0.338 e. The Morgan fingerprint density at radius 3 is 2.44 bits per heavy atom. The van der Waals surface area contributed by atoms with E-state index in [0.717, 1.165) is 12.1 Å². The lowest BCUT2D eigenvalue weighted by atomic mass is 10.2. The quantitative estimate of drug-likeness (QED) is 0.440. The third-order valence-corrected chi connectivity index (χ3v) is 4.15. The number of anilines is 1. The Bertz CT molecular complexity index is 795. The van der Waals surface area contributed by atoms with Crippen LogP contribution in [0.2, 0.25) is 5.02 Å². The van der Waals surface area contributed by atoms with Gasteiger partial charge in [0.05, 0.1) is 36.0 Å². The number of carboxylic acid groups (broad SMARTS) is 1. The number of carbonyl (C=O) groups is 3. The Hall–Kier alpha value is -2.21. The van der Waals surface area contributed by atoms with Gasteiger partial charge >= 0.3 is 11.9 Å². The minimum atomic E-state index is -4.28. The van der Waals surface area contributed by atoms with Crippen molar-refractivity contribution < 1.29 is 32.6 Å². The van der Waals surface area contributed by atoms with Crippen molar-refractivity contribution in [3.8, 4) is 0 Å².